The smallest absolute Gasteiger partial charge is 0.179 e. The first kappa shape index (κ1) is 20.4. The minimum Gasteiger partial charge on any atom is -0.497 e. The van der Waals surface area contributed by atoms with Crippen molar-refractivity contribution in [2.45, 2.75) is 19.2 Å². The Balaban J connectivity index is 1.70. The summed E-state index contributed by atoms with van der Waals surface area (Å²) in [5.74, 6) is 2.62. The third kappa shape index (κ3) is 3.47. The van der Waals surface area contributed by atoms with E-state index in [2.05, 4.69) is 72.5 Å². The lowest BCUT2D eigenvalue weighted by atomic mass is 9.89. The van der Waals surface area contributed by atoms with Gasteiger partial charge in [-0.3, -0.25) is 4.90 Å². The fourth-order valence-corrected chi connectivity index (χ4v) is 4.67. The highest BCUT2D eigenvalue weighted by molar-refractivity contribution is 5.89. The minimum atomic E-state index is -0.202. The SMILES string of the molecule is CCN1C(c2ccc(OC)cc2)Oc2ccc3ccccc3c2C1c1ccc(OC)cc1. The lowest BCUT2D eigenvalue weighted by Crippen LogP contribution is -2.40. The van der Waals surface area contributed by atoms with Gasteiger partial charge in [0.15, 0.2) is 6.23 Å². The molecule has 0 saturated carbocycles. The second-order valence-corrected chi connectivity index (χ2v) is 7.95. The fraction of sp³-hybridized carbons (Fsp3) is 0.214. The van der Waals surface area contributed by atoms with E-state index in [1.165, 1.54) is 21.9 Å². The molecule has 0 aliphatic carbocycles. The molecule has 0 radical (unpaired) electrons. The van der Waals surface area contributed by atoms with Crippen molar-refractivity contribution in [1.82, 2.24) is 4.90 Å². The Morgan fingerprint density at radius 2 is 1.38 bits per heavy atom. The van der Waals surface area contributed by atoms with Crippen LogP contribution in [0.2, 0.25) is 0 Å². The molecule has 1 heterocycles. The van der Waals surface area contributed by atoms with Crippen LogP contribution in [0.15, 0.2) is 84.9 Å². The number of hydrogen-bond acceptors (Lipinski definition) is 4. The van der Waals surface area contributed by atoms with E-state index in [0.29, 0.717) is 0 Å². The predicted octanol–water partition coefficient (Wildman–Crippen LogP) is 6.36. The molecule has 162 valence electrons. The highest BCUT2D eigenvalue weighted by Crippen LogP contribution is 2.48. The van der Waals surface area contributed by atoms with Gasteiger partial charge >= 0.3 is 0 Å². The van der Waals surface area contributed by atoms with Gasteiger partial charge in [0.05, 0.1) is 20.3 Å². The topological polar surface area (TPSA) is 30.9 Å². The van der Waals surface area contributed by atoms with Crippen LogP contribution in [0.1, 0.15) is 35.9 Å². The third-order valence-electron chi connectivity index (χ3n) is 6.27. The molecular formula is C28H27NO3. The lowest BCUT2D eigenvalue weighted by molar-refractivity contribution is -0.0149. The Hall–Kier alpha value is -3.50. The number of ether oxygens (including phenoxy) is 3. The highest BCUT2D eigenvalue weighted by atomic mass is 16.5. The van der Waals surface area contributed by atoms with Crippen molar-refractivity contribution >= 4 is 10.8 Å². The number of nitrogens with zero attached hydrogens (tertiary/aromatic N) is 1. The molecule has 0 aromatic heterocycles. The van der Waals surface area contributed by atoms with Crippen molar-refractivity contribution < 1.29 is 14.2 Å². The summed E-state index contributed by atoms with van der Waals surface area (Å²) in [7, 11) is 3.38. The first-order valence-electron chi connectivity index (χ1n) is 11.0. The minimum absolute atomic E-state index is 0.0489. The molecule has 0 saturated heterocycles. The van der Waals surface area contributed by atoms with E-state index in [1.807, 2.05) is 24.3 Å². The largest absolute Gasteiger partial charge is 0.497 e. The van der Waals surface area contributed by atoms with Gasteiger partial charge in [-0.25, -0.2) is 0 Å². The lowest BCUT2D eigenvalue weighted by Gasteiger charge is -2.43. The summed E-state index contributed by atoms with van der Waals surface area (Å²) in [6.45, 7) is 3.02. The zero-order valence-electron chi connectivity index (χ0n) is 18.6. The zero-order chi connectivity index (χ0) is 22.1. The Morgan fingerprint density at radius 1 is 0.750 bits per heavy atom. The summed E-state index contributed by atoms with van der Waals surface area (Å²) < 4.78 is 17.4. The van der Waals surface area contributed by atoms with Crippen LogP contribution in [-0.4, -0.2) is 25.7 Å². The quantitative estimate of drug-likeness (QED) is 0.372. The van der Waals surface area contributed by atoms with Crippen LogP contribution >= 0.6 is 0 Å². The van der Waals surface area contributed by atoms with Crippen molar-refractivity contribution in [3.63, 3.8) is 0 Å². The molecule has 0 N–H and O–H groups in total. The van der Waals surface area contributed by atoms with E-state index < -0.39 is 0 Å². The Labute approximate surface area is 189 Å². The monoisotopic (exact) mass is 425 g/mol. The molecule has 5 rings (SSSR count). The summed E-state index contributed by atoms with van der Waals surface area (Å²) in [4.78, 5) is 2.42. The number of rotatable bonds is 5. The normalized spacial score (nSPS) is 18.1. The van der Waals surface area contributed by atoms with Gasteiger partial charge in [-0.1, -0.05) is 61.5 Å². The van der Waals surface area contributed by atoms with Gasteiger partial charge in [0.1, 0.15) is 17.2 Å². The molecule has 0 fully saturated rings. The van der Waals surface area contributed by atoms with E-state index in [9.17, 15) is 0 Å². The molecule has 0 amide bonds. The first-order valence-corrected chi connectivity index (χ1v) is 11.0. The van der Waals surface area contributed by atoms with Gasteiger partial charge in [0, 0.05) is 17.7 Å². The molecule has 4 aromatic rings. The molecule has 0 spiro atoms. The molecule has 4 heteroatoms. The average molecular weight is 426 g/mol. The van der Waals surface area contributed by atoms with Gasteiger partial charge in [-0.15, -0.1) is 0 Å². The maximum absolute atomic E-state index is 6.66. The van der Waals surface area contributed by atoms with Crippen LogP contribution in [0.25, 0.3) is 10.8 Å². The van der Waals surface area contributed by atoms with Gasteiger partial charge in [-0.05, 0) is 46.7 Å². The van der Waals surface area contributed by atoms with Crippen molar-refractivity contribution in [3.8, 4) is 17.2 Å². The van der Waals surface area contributed by atoms with E-state index in [4.69, 9.17) is 14.2 Å². The van der Waals surface area contributed by atoms with Crippen LogP contribution < -0.4 is 14.2 Å². The zero-order valence-corrected chi connectivity index (χ0v) is 18.6. The predicted molar refractivity (Wildman–Crippen MR) is 128 cm³/mol. The summed E-state index contributed by atoms with van der Waals surface area (Å²) in [6, 6.07) is 29.4. The summed E-state index contributed by atoms with van der Waals surface area (Å²) in [5, 5.41) is 2.43. The van der Waals surface area contributed by atoms with E-state index in [1.54, 1.807) is 14.2 Å². The van der Waals surface area contributed by atoms with Gasteiger partial charge in [0.25, 0.3) is 0 Å². The molecule has 2 unspecified atom stereocenters. The van der Waals surface area contributed by atoms with E-state index in [-0.39, 0.29) is 12.3 Å². The Bertz CT molecular complexity index is 1220. The van der Waals surface area contributed by atoms with Gasteiger partial charge < -0.3 is 14.2 Å². The highest BCUT2D eigenvalue weighted by Gasteiger charge is 2.37. The summed E-state index contributed by atoms with van der Waals surface area (Å²) in [6.07, 6.45) is -0.202. The molecule has 0 bridgehead atoms. The fourth-order valence-electron chi connectivity index (χ4n) is 4.67. The van der Waals surface area contributed by atoms with Crippen LogP contribution in [-0.2, 0) is 0 Å². The standard InChI is InChI=1S/C28H27NO3/c1-4-29-27(20-9-14-22(30-2)15-10-20)26-24-8-6-5-7-19(24)13-18-25(26)32-28(29)21-11-16-23(31-3)17-12-21/h5-18,27-28H,4H2,1-3H3. The van der Waals surface area contributed by atoms with Gasteiger partial charge in [-0.2, -0.15) is 0 Å². The molecule has 2 atom stereocenters. The van der Waals surface area contributed by atoms with Gasteiger partial charge in [0.2, 0.25) is 0 Å². The van der Waals surface area contributed by atoms with E-state index in [0.717, 1.165) is 29.4 Å². The molecule has 1 aliphatic rings. The van der Waals surface area contributed by atoms with Crippen LogP contribution in [0.3, 0.4) is 0 Å². The number of fused-ring (bicyclic) bond motifs is 3. The number of hydrogen-bond donors (Lipinski definition) is 0. The first-order chi connectivity index (χ1) is 15.7. The van der Waals surface area contributed by atoms with Crippen molar-refractivity contribution in [3.05, 3.63) is 102 Å². The number of benzene rings is 4. The average Bonchev–Trinajstić information content (AvgIpc) is 2.87. The Morgan fingerprint density at radius 3 is 2.00 bits per heavy atom. The molecular weight excluding hydrogens is 398 g/mol. The second-order valence-electron chi connectivity index (χ2n) is 7.95. The third-order valence-corrected chi connectivity index (χ3v) is 6.27. The summed E-state index contributed by atoms with van der Waals surface area (Å²) >= 11 is 0. The maximum atomic E-state index is 6.66. The Kier molecular flexibility index (Phi) is 5.46. The van der Waals surface area contributed by atoms with Crippen LogP contribution in [0.5, 0.6) is 17.2 Å². The van der Waals surface area contributed by atoms with Crippen LogP contribution in [0.4, 0.5) is 0 Å². The number of methoxy groups -OCH3 is 2. The summed E-state index contributed by atoms with van der Waals surface area (Å²) in [5.41, 5.74) is 3.52. The van der Waals surface area contributed by atoms with Crippen LogP contribution in [0, 0.1) is 0 Å². The molecule has 4 aromatic carbocycles. The molecule has 1 aliphatic heterocycles. The maximum Gasteiger partial charge on any atom is 0.179 e. The van der Waals surface area contributed by atoms with Crippen molar-refractivity contribution in [2.75, 3.05) is 20.8 Å². The second kappa shape index (κ2) is 8.56. The molecule has 32 heavy (non-hydrogen) atoms. The van der Waals surface area contributed by atoms with Crippen molar-refractivity contribution in [1.29, 1.82) is 0 Å². The molecule has 4 nitrogen and oxygen atoms in total. The van der Waals surface area contributed by atoms with Crippen molar-refractivity contribution in [2.24, 2.45) is 0 Å². The van der Waals surface area contributed by atoms with E-state index >= 15 is 0 Å².